The van der Waals surface area contributed by atoms with E-state index in [-0.39, 0.29) is 5.91 Å². The van der Waals surface area contributed by atoms with Gasteiger partial charge in [0.15, 0.2) is 0 Å². The summed E-state index contributed by atoms with van der Waals surface area (Å²) >= 11 is 0. The van der Waals surface area contributed by atoms with Crippen molar-refractivity contribution >= 4 is 33.3 Å². The van der Waals surface area contributed by atoms with Crippen LogP contribution in [-0.4, -0.2) is 31.7 Å². The smallest absolute Gasteiger partial charge is 0.307 e. The van der Waals surface area contributed by atoms with Crippen LogP contribution >= 0.6 is 0 Å². The van der Waals surface area contributed by atoms with Gasteiger partial charge in [-0.15, -0.1) is 0 Å². The Morgan fingerprint density at radius 2 is 1.57 bits per heavy atom. The second-order valence-corrected chi connectivity index (χ2v) is 7.18. The maximum atomic E-state index is 12.3. The molecular weight excluding hydrogens is 320 g/mol. The minimum Gasteiger partial charge on any atom is -0.481 e. The number of carbonyl (C=O) groups is 2. The molecule has 0 radical (unpaired) electrons. The molecule has 0 saturated carbocycles. The fraction of sp³-hybridized carbons (Fsp3) is 0.333. The van der Waals surface area contributed by atoms with Crippen LogP contribution in [0.1, 0.15) is 12.8 Å². The van der Waals surface area contributed by atoms with Crippen molar-refractivity contribution in [1.29, 1.82) is 0 Å². The molecule has 0 aromatic heterocycles. The number of hydrogen-bond donors (Lipinski definition) is 3. The van der Waals surface area contributed by atoms with Crippen LogP contribution in [0.2, 0.25) is 0 Å². The number of benzene rings is 1. The zero-order chi connectivity index (χ0) is 17.0. The van der Waals surface area contributed by atoms with Crippen LogP contribution in [0, 0.1) is 11.8 Å². The molecule has 0 fully saturated rings. The van der Waals surface area contributed by atoms with Crippen LogP contribution < -0.4 is 10.0 Å². The number of carbonyl (C=O) groups excluding carboxylic acids is 1. The highest BCUT2D eigenvalue weighted by atomic mass is 32.2. The van der Waals surface area contributed by atoms with Crippen LogP contribution in [0.3, 0.4) is 0 Å². The Hall–Kier alpha value is -2.35. The van der Waals surface area contributed by atoms with Crippen LogP contribution in [0.4, 0.5) is 11.4 Å². The van der Waals surface area contributed by atoms with Gasteiger partial charge in [0.1, 0.15) is 0 Å². The van der Waals surface area contributed by atoms with E-state index in [1.165, 1.54) is 12.1 Å². The van der Waals surface area contributed by atoms with Crippen LogP contribution in [-0.2, 0) is 19.6 Å². The number of carboxylic acid groups (broad SMARTS) is 1. The van der Waals surface area contributed by atoms with E-state index in [0.29, 0.717) is 24.2 Å². The fourth-order valence-corrected chi connectivity index (χ4v) is 3.01. The molecule has 2 rings (SSSR count). The van der Waals surface area contributed by atoms with E-state index in [1.807, 2.05) is 6.08 Å². The first-order valence-corrected chi connectivity index (χ1v) is 8.92. The molecule has 0 saturated heterocycles. The molecule has 0 bridgehead atoms. The summed E-state index contributed by atoms with van der Waals surface area (Å²) in [5.41, 5.74) is 0.863. The van der Waals surface area contributed by atoms with Crippen molar-refractivity contribution in [3.63, 3.8) is 0 Å². The van der Waals surface area contributed by atoms with E-state index in [4.69, 9.17) is 0 Å². The number of sulfonamides is 1. The Bertz CT molecular complexity index is 725. The van der Waals surface area contributed by atoms with Crippen molar-refractivity contribution in [1.82, 2.24) is 0 Å². The van der Waals surface area contributed by atoms with E-state index in [0.717, 1.165) is 6.26 Å². The van der Waals surface area contributed by atoms with Gasteiger partial charge in [-0.05, 0) is 37.1 Å². The van der Waals surface area contributed by atoms with Crippen molar-refractivity contribution in [3.8, 4) is 0 Å². The SMILES string of the molecule is CS(=O)(=O)Nc1ccc(NC(=O)[C@@H]2CC=CC[C@H]2C(=O)O)cc1. The lowest BCUT2D eigenvalue weighted by molar-refractivity contribution is -0.146. The molecule has 1 aromatic rings. The highest BCUT2D eigenvalue weighted by molar-refractivity contribution is 7.92. The second-order valence-electron chi connectivity index (χ2n) is 5.43. The van der Waals surface area contributed by atoms with E-state index < -0.39 is 27.8 Å². The largest absolute Gasteiger partial charge is 0.481 e. The maximum absolute atomic E-state index is 12.3. The summed E-state index contributed by atoms with van der Waals surface area (Å²) in [6.45, 7) is 0. The van der Waals surface area contributed by atoms with Crippen molar-refractivity contribution in [2.75, 3.05) is 16.3 Å². The number of nitrogens with one attached hydrogen (secondary N) is 2. The zero-order valence-electron chi connectivity index (χ0n) is 12.5. The van der Waals surface area contributed by atoms with Gasteiger partial charge in [0.2, 0.25) is 15.9 Å². The fourth-order valence-electron chi connectivity index (χ4n) is 2.45. The van der Waals surface area contributed by atoms with Gasteiger partial charge >= 0.3 is 5.97 Å². The summed E-state index contributed by atoms with van der Waals surface area (Å²) in [4.78, 5) is 23.5. The molecule has 0 spiro atoms. The number of aliphatic carboxylic acids is 1. The number of amides is 1. The predicted octanol–water partition coefficient (Wildman–Crippen LogP) is 1.66. The first-order valence-electron chi connectivity index (χ1n) is 7.03. The normalized spacial score (nSPS) is 20.7. The van der Waals surface area contributed by atoms with Crippen molar-refractivity contribution in [2.45, 2.75) is 12.8 Å². The Kier molecular flexibility index (Phi) is 5.05. The highest BCUT2D eigenvalue weighted by Gasteiger charge is 2.33. The van der Waals surface area contributed by atoms with Gasteiger partial charge in [-0.1, -0.05) is 12.2 Å². The summed E-state index contributed by atoms with van der Waals surface area (Å²) < 4.78 is 24.6. The van der Waals surface area contributed by atoms with E-state index >= 15 is 0 Å². The summed E-state index contributed by atoms with van der Waals surface area (Å²) in [6, 6.07) is 6.15. The summed E-state index contributed by atoms with van der Waals surface area (Å²) in [7, 11) is -3.36. The molecule has 0 unspecified atom stereocenters. The number of rotatable bonds is 5. The zero-order valence-corrected chi connectivity index (χ0v) is 13.3. The predicted molar refractivity (Wildman–Crippen MR) is 86.5 cm³/mol. The van der Waals surface area contributed by atoms with E-state index in [2.05, 4.69) is 10.0 Å². The number of hydrogen-bond acceptors (Lipinski definition) is 4. The van der Waals surface area contributed by atoms with Gasteiger partial charge in [0.05, 0.1) is 18.1 Å². The Labute approximate surface area is 134 Å². The standard InChI is InChI=1S/C15H18N2O5S/c1-23(21,22)17-11-8-6-10(7-9-11)16-14(18)12-4-2-3-5-13(12)15(19)20/h2-3,6-9,12-13,17H,4-5H2,1H3,(H,16,18)(H,19,20)/t12-,13-/m1/s1. The van der Waals surface area contributed by atoms with E-state index in [9.17, 15) is 23.1 Å². The average molecular weight is 338 g/mol. The minimum atomic E-state index is -3.36. The summed E-state index contributed by atoms with van der Waals surface area (Å²) in [6.07, 6.45) is 5.35. The van der Waals surface area contributed by atoms with Crippen molar-refractivity contribution in [2.24, 2.45) is 11.8 Å². The van der Waals surface area contributed by atoms with Gasteiger partial charge in [-0.3, -0.25) is 14.3 Å². The molecule has 1 aliphatic rings. The maximum Gasteiger partial charge on any atom is 0.307 e. The first-order chi connectivity index (χ1) is 10.8. The van der Waals surface area contributed by atoms with Gasteiger partial charge < -0.3 is 10.4 Å². The van der Waals surface area contributed by atoms with Gasteiger partial charge in [-0.25, -0.2) is 8.42 Å². The summed E-state index contributed by atoms with van der Waals surface area (Å²) in [5, 5.41) is 11.9. The molecule has 23 heavy (non-hydrogen) atoms. The molecule has 7 nitrogen and oxygen atoms in total. The van der Waals surface area contributed by atoms with Crippen LogP contribution in [0.15, 0.2) is 36.4 Å². The lowest BCUT2D eigenvalue weighted by Crippen LogP contribution is -2.34. The average Bonchev–Trinajstić information content (AvgIpc) is 2.47. The molecule has 2 atom stereocenters. The first kappa shape index (κ1) is 17.0. The third kappa shape index (κ3) is 4.82. The monoisotopic (exact) mass is 338 g/mol. The van der Waals surface area contributed by atoms with Crippen molar-refractivity contribution in [3.05, 3.63) is 36.4 Å². The Balaban J connectivity index is 2.05. The molecular formula is C15H18N2O5S. The molecule has 124 valence electrons. The van der Waals surface area contributed by atoms with Gasteiger partial charge in [0, 0.05) is 11.4 Å². The summed E-state index contributed by atoms with van der Waals surface area (Å²) in [5.74, 6) is -2.69. The Morgan fingerprint density at radius 1 is 1.04 bits per heavy atom. The second kappa shape index (κ2) is 6.82. The third-order valence-electron chi connectivity index (χ3n) is 3.54. The quantitative estimate of drug-likeness (QED) is 0.707. The lowest BCUT2D eigenvalue weighted by atomic mass is 9.82. The molecule has 0 aliphatic heterocycles. The third-order valence-corrected chi connectivity index (χ3v) is 4.15. The topological polar surface area (TPSA) is 113 Å². The van der Waals surface area contributed by atoms with Gasteiger partial charge in [-0.2, -0.15) is 0 Å². The molecule has 1 aromatic carbocycles. The molecule has 3 N–H and O–H groups in total. The van der Waals surface area contributed by atoms with Crippen molar-refractivity contribution < 1.29 is 23.1 Å². The minimum absolute atomic E-state index is 0.338. The van der Waals surface area contributed by atoms with E-state index in [1.54, 1.807) is 18.2 Å². The molecule has 0 heterocycles. The molecule has 8 heteroatoms. The van der Waals surface area contributed by atoms with Crippen LogP contribution in [0.5, 0.6) is 0 Å². The number of carboxylic acids is 1. The van der Waals surface area contributed by atoms with Crippen LogP contribution in [0.25, 0.3) is 0 Å². The highest BCUT2D eigenvalue weighted by Crippen LogP contribution is 2.27. The molecule has 1 aliphatic carbocycles. The number of anilines is 2. The number of allylic oxidation sites excluding steroid dienone is 2. The Morgan fingerprint density at radius 3 is 2.09 bits per heavy atom. The van der Waals surface area contributed by atoms with Gasteiger partial charge in [0.25, 0.3) is 0 Å². The lowest BCUT2D eigenvalue weighted by Gasteiger charge is -2.24. The molecule has 1 amide bonds.